The van der Waals surface area contributed by atoms with Gasteiger partial charge in [-0.1, -0.05) is 72.3 Å². The Morgan fingerprint density at radius 3 is 2.21 bits per heavy atom. The Bertz CT molecular complexity index is 942. The monoisotopic (exact) mass is 369 g/mol. The molecule has 2 N–H and O–H groups in total. The Kier molecular flexibility index (Phi) is 6.56. The van der Waals surface area contributed by atoms with Crippen molar-refractivity contribution >= 4 is 11.6 Å². The molecular weight excluding hydrogens is 346 g/mol. The first-order valence-electron chi connectivity index (χ1n) is 9.26. The van der Waals surface area contributed by atoms with Crippen LogP contribution in [0, 0.1) is 18.3 Å². The van der Waals surface area contributed by atoms with Crippen LogP contribution in [-0.4, -0.2) is 12.5 Å². The van der Waals surface area contributed by atoms with Crippen molar-refractivity contribution in [2.45, 2.75) is 19.4 Å². The topological polar surface area (TPSA) is 64.9 Å². The van der Waals surface area contributed by atoms with Gasteiger partial charge >= 0.3 is 0 Å². The molecule has 0 aliphatic rings. The second kappa shape index (κ2) is 9.50. The summed E-state index contributed by atoms with van der Waals surface area (Å²) in [5, 5.41) is 15.0. The van der Waals surface area contributed by atoms with Crippen LogP contribution in [0.1, 0.15) is 28.3 Å². The van der Waals surface area contributed by atoms with Crippen molar-refractivity contribution in [3.05, 3.63) is 101 Å². The molecule has 28 heavy (non-hydrogen) atoms. The van der Waals surface area contributed by atoms with E-state index in [9.17, 15) is 4.79 Å². The van der Waals surface area contributed by atoms with Crippen LogP contribution in [0.25, 0.3) is 0 Å². The molecule has 3 aromatic rings. The van der Waals surface area contributed by atoms with E-state index in [1.165, 1.54) is 5.56 Å². The zero-order valence-corrected chi connectivity index (χ0v) is 15.9. The fraction of sp³-hybridized carbons (Fsp3) is 0.167. The molecule has 0 unspecified atom stereocenters. The van der Waals surface area contributed by atoms with E-state index in [1.54, 1.807) is 0 Å². The number of nitriles is 1. The van der Waals surface area contributed by atoms with Crippen LogP contribution in [0.4, 0.5) is 5.69 Å². The highest BCUT2D eigenvalue weighted by molar-refractivity contribution is 5.92. The maximum atomic E-state index is 12.4. The minimum Gasteiger partial charge on any atom is -0.325 e. The third-order valence-corrected chi connectivity index (χ3v) is 4.53. The Morgan fingerprint density at radius 1 is 0.929 bits per heavy atom. The fourth-order valence-electron chi connectivity index (χ4n) is 3.03. The molecule has 3 aromatic carbocycles. The summed E-state index contributed by atoms with van der Waals surface area (Å²) in [6, 6.07) is 27.8. The normalized spacial score (nSPS) is 11.4. The number of nitrogens with zero attached hydrogens (tertiary/aromatic N) is 1. The number of nitrogens with one attached hydrogen (secondary N) is 2. The SMILES string of the molecule is Cc1ccc([C@H](NCC(=O)Nc2ccc(CC#N)cc2)c2ccccc2)cc1. The third-order valence-electron chi connectivity index (χ3n) is 4.53. The first-order valence-corrected chi connectivity index (χ1v) is 9.26. The largest absolute Gasteiger partial charge is 0.325 e. The molecule has 0 aromatic heterocycles. The number of benzene rings is 3. The van der Waals surface area contributed by atoms with Crippen LogP contribution >= 0.6 is 0 Å². The number of aryl methyl sites for hydroxylation is 1. The lowest BCUT2D eigenvalue weighted by Gasteiger charge is -2.20. The zero-order chi connectivity index (χ0) is 19.8. The number of carbonyl (C=O) groups is 1. The van der Waals surface area contributed by atoms with Gasteiger partial charge < -0.3 is 5.32 Å². The second-order valence-corrected chi connectivity index (χ2v) is 6.72. The van der Waals surface area contributed by atoms with Gasteiger partial charge in [-0.05, 0) is 35.7 Å². The van der Waals surface area contributed by atoms with E-state index in [2.05, 4.69) is 60.0 Å². The zero-order valence-electron chi connectivity index (χ0n) is 15.9. The molecular formula is C24H23N3O. The number of hydrogen-bond acceptors (Lipinski definition) is 3. The predicted octanol–water partition coefficient (Wildman–Crippen LogP) is 4.38. The maximum Gasteiger partial charge on any atom is 0.238 e. The van der Waals surface area contributed by atoms with E-state index >= 15 is 0 Å². The van der Waals surface area contributed by atoms with Gasteiger partial charge in [0.05, 0.1) is 25.1 Å². The number of rotatable bonds is 7. The number of hydrogen-bond donors (Lipinski definition) is 2. The van der Waals surface area contributed by atoms with E-state index in [4.69, 9.17) is 5.26 Å². The number of carbonyl (C=O) groups excluding carboxylic acids is 1. The molecule has 0 radical (unpaired) electrons. The minimum atomic E-state index is -0.110. The summed E-state index contributed by atoms with van der Waals surface area (Å²) in [5.41, 5.74) is 5.08. The smallest absolute Gasteiger partial charge is 0.238 e. The van der Waals surface area contributed by atoms with Crippen molar-refractivity contribution in [2.75, 3.05) is 11.9 Å². The van der Waals surface area contributed by atoms with Gasteiger partial charge in [0.25, 0.3) is 0 Å². The van der Waals surface area contributed by atoms with Crippen LogP contribution in [0.5, 0.6) is 0 Å². The molecule has 4 nitrogen and oxygen atoms in total. The summed E-state index contributed by atoms with van der Waals surface area (Å²) in [6.45, 7) is 2.25. The minimum absolute atomic E-state index is 0.0643. The van der Waals surface area contributed by atoms with Crippen molar-refractivity contribution in [3.63, 3.8) is 0 Å². The molecule has 0 aliphatic heterocycles. The maximum absolute atomic E-state index is 12.4. The number of anilines is 1. The van der Waals surface area contributed by atoms with Gasteiger partial charge in [0.1, 0.15) is 0 Å². The molecule has 1 atom stereocenters. The lowest BCUT2D eigenvalue weighted by molar-refractivity contribution is -0.115. The van der Waals surface area contributed by atoms with Crippen molar-refractivity contribution in [3.8, 4) is 6.07 Å². The summed E-state index contributed by atoms with van der Waals surface area (Å²) in [6.07, 6.45) is 0.366. The molecule has 3 rings (SSSR count). The number of amides is 1. The van der Waals surface area contributed by atoms with Gasteiger partial charge in [-0.25, -0.2) is 0 Å². The molecule has 0 heterocycles. The molecule has 0 fully saturated rings. The van der Waals surface area contributed by atoms with Gasteiger partial charge in [-0.3, -0.25) is 10.1 Å². The highest BCUT2D eigenvalue weighted by Gasteiger charge is 2.15. The van der Waals surface area contributed by atoms with E-state index in [0.717, 1.165) is 22.4 Å². The van der Waals surface area contributed by atoms with Crippen LogP contribution in [0.15, 0.2) is 78.9 Å². The van der Waals surface area contributed by atoms with Gasteiger partial charge in [0.2, 0.25) is 5.91 Å². The van der Waals surface area contributed by atoms with Crippen LogP contribution < -0.4 is 10.6 Å². The molecule has 0 aliphatic carbocycles. The standard InChI is InChI=1S/C24H23N3O/c1-18-7-11-21(12-8-18)24(20-5-3-2-4-6-20)26-17-23(28)27-22-13-9-19(10-14-22)15-16-25/h2-14,24,26H,15,17H2,1H3,(H,27,28)/t24-/m1/s1. The van der Waals surface area contributed by atoms with Crippen molar-refractivity contribution in [1.82, 2.24) is 5.32 Å². The Morgan fingerprint density at radius 2 is 1.57 bits per heavy atom. The fourth-order valence-corrected chi connectivity index (χ4v) is 3.03. The Balaban J connectivity index is 1.67. The molecule has 4 heteroatoms. The quantitative estimate of drug-likeness (QED) is 0.650. The molecule has 140 valence electrons. The van der Waals surface area contributed by atoms with Crippen molar-refractivity contribution in [1.29, 1.82) is 5.26 Å². The third kappa shape index (κ3) is 5.29. The molecule has 0 spiro atoms. The van der Waals surface area contributed by atoms with E-state index in [0.29, 0.717) is 6.42 Å². The Hall–Kier alpha value is -3.42. The van der Waals surface area contributed by atoms with Gasteiger partial charge in [-0.2, -0.15) is 5.26 Å². The lowest BCUT2D eigenvalue weighted by Crippen LogP contribution is -2.31. The first-order chi connectivity index (χ1) is 13.7. The average Bonchev–Trinajstić information content (AvgIpc) is 2.72. The van der Waals surface area contributed by atoms with Crippen molar-refractivity contribution < 1.29 is 4.79 Å². The predicted molar refractivity (Wildman–Crippen MR) is 112 cm³/mol. The highest BCUT2D eigenvalue weighted by atomic mass is 16.1. The summed E-state index contributed by atoms with van der Waals surface area (Å²) < 4.78 is 0. The van der Waals surface area contributed by atoms with Gasteiger partial charge in [-0.15, -0.1) is 0 Å². The van der Waals surface area contributed by atoms with Crippen LogP contribution in [0.2, 0.25) is 0 Å². The molecule has 0 bridgehead atoms. The molecule has 0 saturated heterocycles. The Labute approximate surface area is 165 Å². The van der Waals surface area contributed by atoms with Gasteiger partial charge in [0, 0.05) is 5.69 Å². The van der Waals surface area contributed by atoms with Crippen LogP contribution in [-0.2, 0) is 11.2 Å². The molecule has 1 amide bonds. The first kappa shape index (κ1) is 19.3. The summed E-state index contributed by atoms with van der Waals surface area (Å²) in [5.74, 6) is -0.110. The van der Waals surface area contributed by atoms with Crippen molar-refractivity contribution in [2.24, 2.45) is 0 Å². The second-order valence-electron chi connectivity index (χ2n) is 6.72. The lowest BCUT2D eigenvalue weighted by atomic mass is 9.98. The summed E-state index contributed by atoms with van der Waals surface area (Å²) in [4.78, 5) is 12.4. The van der Waals surface area contributed by atoms with Crippen LogP contribution in [0.3, 0.4) is 0 Å². The van der Waals surface area contributed by atoms with E-state index in [1.807, 2.05) is 42.5 Å². The average molecular weight is 369 g/mol. The molecule has 0 saturated carbocycles. The van der Waals surface area contributed by atoms with E-state index < -0.39 is 0 Å². The summed E-state index contributed by atoms with van der Waals surface area (Å²) in [7, 11) is 0. The van der Waals surface area contributed by atoms with Gasteiger partial charge in [0.15, 0.2) is 0 Å². The summed E-state index contributed by atoms with van der Waals surface area (Å²) >= 11 is 0. The van der Waals surface area contributed by atoms with E-state index in [-0.39, 0.29) is 18.5 Å². The highest BCUT2D eigenvalue weighted by Crippen LogP contribution is 2.22.